The van der Waals surface area contributed by atoms with Crippen molar-refractivity contribution in [3.63, 3.8) is 0 Å². The molecule has 0 unspecified atom stereocenters. The second-order valence-corrected chi connectivity index (χ2v) is 25.2. The van der Waals surface area contributed by atoms with Crippen LogP contribution in [0.1, 0.15) is 106 Å². The Morgan fingerprint density at radius 1 is 1.00 bits per heavy atom. The minimum atomic E-state index is -4.72. The van der Waals surface area contributed by atoms with E-state index in [-0.39, 0.29) is 68.8 Å². The Balaban J connectivity index is 0.842. The van der Waals surface area contributed by atoms with Crippen LogP contribution in [0.25, 0.3) is 11.0 Å². The second-order valence-electron chi connectivity index (χ2n) is 21.4. The van der Waals surface area contributed by atoms with Crippen LogP contribution in [0.2, 0.25) is 0 Å². The van der Waals surface area contributed by atoms with Gasteiger partial charge in [0, 0.05) is 81.4 Å². The van der Waals surface area contributed by atoms with Crippen molar-refractivity contribution >= 4 is 54.0 Å². The lowest BCUT2D eigenvalue weighted by Gasteiger charge is -2.59. The molecule has 3 aromatic heterocycles. The predicted molar refractivity (Wildman–Crippen MR) is 270 cm³/mol. The molecule has 1 atom stereocenters. The molecule has 1 amide bonds. The summed E-state index contributed by atoms with van der Waals surface area (Å²) in [5.41, 5.74) is 2.32. The summed E-state index contributed by atoms with van der Waals surface area (Å²) in [5, 5.41) is 25.6. The zero-order valence-electron chi connectivity index (χ0n) is 40.7. The van der Waals surface area contributed by atoms with Gasteiger partial charge in [-0.15, -0.1) is 0 Å². The van der Waals surface area contributed by atoms with Crippen LogP contribution >= 0.6 is 0 Å². The van der Waals surface area contributed by atoms with Crippen LogP contribution in [0, 0.1) is 27.3 Å². The first kappa shape index (κ1) is 49.8. The van der Waals surface area contributed by atoms with Gasteiger partial charge in [-0.3, -0.25) is 24.7 Å². The minimum absolute atomic E-state index is 0.0134. The first-order valence-corrected chi connectivity index (χ1v) is 28.2. The molecule has 2 aromatic carbocycles. The van der Waals surface area contributed by atoms with E-state index < -0.39 is 52.7 Å². The van der Waals surface area contributed by atoms with E-state index >= 15 is 0 Å². The number of H-pyrrole nitrogens is 1. The van der Waals surface area contributed by atoms with Gasteiger partial charge in [0.25, 0.3) is 15.9 Å². The van der Waals surface area contributed by atoms with E-state index in [0.29, 0.717) is 44.2 Å². The second kappa shape index (κ2) is 19.3. The number of aliphatic hydroxyl groups is 1. The largest absolute Gasteiger partial charge is 0.455 e. The highest BCUT2D eigenvalue weighted by Crippen LogP contribution is 2.53. The fourth-order valence-electron chi connectivity index (χ4n) is 11.7. The molecule has 1 spiro atoms. The van der Waals surface area contributed by atoms with Crippen molar-refractivity contribution in [3.05, 3.63) is 106 Å². The Morgan fingerprint density at radius 2 is 1.74 bits per heavy atom. The van der Waals surface area contributed by atoms with Crippen LogP contribution in [0.15, 0.2) is 78.1 Å². The number of nitrogens with one attached hydrogen (secondary N) is 3. The van der Waals surface area contributed by atoms with Gasteiger partial charge >= 0.3 is 5.69 Å². The topological polar surface area (TPSA) is 233 Å². The monoisotopic (exact) mass is 1030 g/mol. The maximum atomic E-state index is 14.7. The maximum absolute atomic E-state index is 14.7. The first-order chi connectivity index (χ1) is 34.2. The lowest BCUT2D eigenvalue weighted by Crippen LogP contribution is -2.63. The number of amides is 1. The highest BCUT2D eigenvalue weighted by molar-refractivity contribution is 7.92. The number of aromatic nitrogens is 3. The quantitative estimate of drug-likeness (QED) is 0.0631. The molecular formula is C51H62FN9O9S2. The third-order valence-corrected chi connectivity index (χ3v) is 19.1. The van der Waals surface area contributed by atoms with Crippen LogP contribution in [0.4, 0.5) is 21.6 Å². The number of rotatable bonds is 14. The molecule has 0 bridgehead atoms. The normalized spacial score (nSPS) is 24.7. The summed E-state index contributed by atoms with van der Waals surface area (Å²) in [6, 6.07) is 16.4. The van der Waals surface area contributed by atoms with Crippen LogP contribution in [0.5, 0.6) is 11.5 Å². The summed E-state index contributed by atoms with van der Waals surface area (Å²) < 4.78 is 74.9. The minimum Gasteiger partial charge on any atom is -0.455 e. The van der Waals surface area contributed by atoms with Crippen LogP contribution in [0.3, 0.4) is 0 Å². The van der Waals surface area contributed by atoms with Crippen molar-refractivity contribution in [2.24, 2.45) is 11.3 Å². The van der Waals surface area contributed by atoms with Crippen molar-refractivity contribution in [1.82, 2.24) is 29.5 Å². The third-order valence-electron chi connectivity index (χ3n) is 16.0. The molecule has 5 aliphatic rings. The van der Waals surface area contributed by atoms with Crippen LogP contribution in [-0.2, 0) is 19.9 Å². The van der Waals surface area contributed by atoms with Crippen molar-refractivity contribution in [3.8, 4) is 11.5 Å². The van der Waals surface area contributed by atoms with Gasteiger partial charge in [-0.1, -0.05) is 38.1 Å². The lowest BCUT2D eigenvalue weighted by atomic mass is 9.59. The zero-order chi connectivity index (χ0) is 50.7. The van der Waals surface area contributed by atoms with E-state index in [4.69, 9.17) is 4.74 Å². The van der Waals surface area contributed by atoms with Gasteiger partial charge in [-0.05, 0) is 105 Å². The molecule has 3 aliphatic heterocycles. The number of halogens is 1. The van der Waals surface area contributed by atoms with E-state index in [1.807, 2.05) is 4.72 Å². The lowest BCUT2D eigenvalue weighted by molar-refractivity contribution is -0.384. The number of piperidine rings is 1. The third kappa shape index (κ3) is 10.3. The van der Waals surface area contributed by atoms with E-state index in [0.717, 1.165) is 76.4 Å². The number of hydrogen-bond donors (Lipinski definition) is 4. The molecule has 2 saturated carbocycles. The van der Waals surface area contributed by atoms with Crippen molar-refractivity contribution < 1.29 is 40.8 Å². The standard InChI is InChI=1S/C51H62FN9O9S2/c1-32(2)39-6-4-5-7-40(39)45-29-59(36-30-71(66,67)31-36)18-19-60(45)35-23-51(24-35)14-16-58(17-15-51)34-8-9-41(46(20-34)70-37-21-42-43(52)28-56-47(42)54-26-37)49(62)57-72(68,69)38-22-44(61(64)65)48(55-27-38)53-25-33-10-12-50(3,63)13-11-33/h4-9,20-22,26-28,32-33,35-36,45,63H,10-19,23-25,29-31H2,1-3H3,(H,53,55)(H,54,56)(H,57,62)/t33?,45-,50?/m0/s1. The summed E-state index contributed by atoms with van der Waals surface area (Å²) in [4.78, 5) is 43.2. The van der Waals surface area contributed by atoms with Gasteiger partial charge in [0.05, 0.1) is 45.4 Å². The zero-order valence-corrected chi connectivity index (χ0v) is 42.4. The molecule has 0 radical (unpaired) electrons. The number of nitro groups is 1. The Hall–Kier alpha value is -5.74. The summed E-state index contributed by atoms with van der Waals surface area (Å²) in [5.74, 6) is -0.712. The fourth-order valence-corrected chi connectivity index (χ4v) is 14.2. The number of fused-ring (bicyclic) bond motifs is 1. The molecule has 6 heterocycles. The first-order valence-electron chi connectivity index (χ1n) is 24.9. The van der Waals surface area contributed by atoms with Gasteiger partial charge in [0.1, 0.15) is 27.9 Å². The number of anilines is 2. The highest BCUT2D eigenvalue weighted by atomic mass is 32.2. The van der Waals surface area contributed by atoms with E-state index in [1.165, 1.54) is 35.7 Å². The molecule has 4 N–H and O–H groups in total. The molecule has 3 saturated heterocycles. The number of sulfone groups is 1. The van der Waals surface area contributed by atoms with E-state index in [1.54, 1.807) is 19.1 Å². The van der Waals surface area contributed by atoms with Gasteiger partial charge in [0.15, 0.2) is 9.84 Å². The number of sulfonamides is 1. The maximum Gasteiger partial charge on any atom is 0.312 e. The number of nitrogens with zero attached hydrogens (tertiary/aromatic N) is 6. The molecule has 384 valence electrons. The van der Waals surface area contributed by atoms with Gasteiger partial charge in [-0.25, -0.2) is 35.9 Å². The summed E-state index contributed by atoms with van der Waals surface area (Å²) in [7, 11) is -7.67. The molecule has 10 rings (SSSR count). The van der Waals surface area contributed by atoms with Gasteiger partial charge < -0.3 is 25.0 Å². The number of hydrogen-bond acceptors (Lipinski definition) is 15. The molecule has 5 fully saturated rings. The predicted octanol–water partition coefficient (Wildman–Crippen LogP) is 7.30. The Morgan fingerprint density at radius 3 is 2.44 bits per heavy atom. The molecule has 72 heavy (non-hydrogen) atoms. The smallest absolute Gasteiger partial charge is 0.312 e. The SMILES string of the molecule is CC(C)c1ccccc1[C@@H]1CN(C2CS(=O)(=O)C2)CCN1C1CC2(CCN(c3ccc(C(=O)NS(=O)(=O)c4cnc(NCC5CCC(C)(O)CC5)c([N+](=O)[O-])c4)c(Oc4cnc5[nH]cc(F)c5c4)c3)CC2)C1. The molecular weight excluding hydrogens is 966 g/mol. The number of pyridine rings is 2. The van der Waals surface area contributed by atoms with Crippen molar-refractivity contribution in [2.45, 2.75) is 107 Å². The fraction of sp³-hybridized carbons (Fsp3) is 0.510. The summed E-state index contributed by atoms with van der Waals surface area (Å²) >= 11 is 0. The van der Waals surface area contributed by atoms with Gasteiger partial charge in [0.2, 0.25) is 5.82 Å². The van der Waals surface area contributed by atoms with Crippen LogP contribution in [-0.4, -0.2) is 126 Å². The van der Waals surface area contributed by atoms with E-state index in [2.05, 4.69) is 73.1 Å². The number of ether oxygens (including phenoxy) is 1. The molecule has 5 aromatic rings. The number of carbonyl (C=O) groups excluding carboxylic acids is 1. The Bertz CT molecular complexity index is 3100. The summed E-state index contributed by atoms with van der Waals surface area (Å²) in [6.45, 7) is 10.5. The highest BCUT2D eigenvalue weighted by Gasteiger charge is 2.51. The average Bonchev–Trinajstić information content (AvgIpc) is 3.70. The molecule has 2 aliphatic carbocycles. The van der Waals surface area contributed by atoms with Crippen molar-refractivity contribution in [1.29, 1.82) is 0 Å². The Kier molecular flexibility index (Phi) is 13.3. The molecule has 21 heteroatoms. The molecule has 18 nitrogen and oxygen atoms in total. The summed E-state index contributed by atoms with van der Waals surface area (Å²) in [6.07, 6.45) is 10.0. The average molecular weight is 1030 g/mol. The number of piperazine rings is 1. The van der Waals surface area contributed by atoms with Gasteiger partial charge in [-0.2, -0.15) is 0 Å². The number of carbonyl (C=O) groups is 1. The number of aromatic amines is 1. The Labute approximate surface area is 418 Å². The number of benzene rings is 2. The van der Waals surface area contributed by atoms with Crippen molar-refractivity contribution in [2.75, 3.05) is 61.0 Å². The van der Waals surface area contributed by atoms with E-state index in [9.17, 15) is 41.2 Å². The van der Waals surface area contributed by atoms with Crippen LogP contribution < -0.4 is 19.7 Å².